The molecule has 2 N–H and O–H groups in total. The van der Waals surface area contributed by atoms with Crippen molar-refractivity contribution in [2.45, 2.75) is 59.5 Å². The number of aromatic nitrogens is 2. The van der Waals surface area contributed by atoms with Crippen molar-refractivity contribution in [2.24, 2.45) is 23.2 Å². The van der Waals surface area contributed by atoms with Crippen molar-refractivity contribution in [3.8, 4) is 0 Å². The van der Waals surface area contributed by atoms with Crippen LogP contribution >= 0.6 is 0 Å². The lowest BCUT2D eigenvalue weighted by atomic mass is 9.58. The Morgan fingerprint density at radius 3 is 2.68 bits per heavy atom. The van der Waals surface area contributed by atoms with Gasteiger partial charge in [0.1, 0.15) is 5.82 Å². The quantitative estimate of drug-likeness (QED) is 0.876. The molecule has 3 rings (SSSR count). The predicted octanol–water partition coefficient (Wildman–Crippen LogP) is 3.39. The molecule has 0 aromatic carbocycles. The van der Waals surface area contributed by atoms with Gasteiger partial charge in [0.05, 0.1) is 0 Å². The van der Waals surface area contributed by atoms with Gasteiger partial charge in [0.25, 0.3) is 0 Å². The molecule has 2 heterocycles. The van der Waals surface area contributed by atoms with Crippen molar-refractivity contribution in [1.82, 2.24) is 15.3 Å². The monoisotopic (exact) mass is 345 g/mol. The van der Waals surface area contributed by atoms with Crippen molar-refractivity contribution in [3.63, 3.8) is 0 Å². The summed E-state index contributed by atoms with van der Waals surface area (Å²) in [5, 5.41) is 7.02. The van der Waals surface area contributed by atoms with E-state index in [9.17, 15) is 0 Å². The third kappa shape index (κ3) is 3.62. The second-order valence-electron chi connectivity index (χ2n) is 8.82. The molecule has 140 valence electrons. The van der Waals surface area contributed by atoms with Crippen LogP contribution in [0.1, 0.15) is 47.5 Å². The van der Waals surface area contributed by atoms with Gasteiger partial charge in [0, 0.05) is 31.4 Å². The molecule has 0 amide bonds. The van der Waals surface area contributed by atoms with Crippen molar-refractivity contribution < 1.29 is 0 Å². The van der Waals surface area contributed by atoms with E-state index in [1.165, 1.54) is 12.8 Å². The van der Waals surface area contributed by atoms with Crippen LogP contribution in [0.2, 0.25) is 0 Å². The Bertz CT molecular complexity index is 587. The molecule has 25 heavy (non-hydrogen) atoms. The molecule has 5 heteroatoms. The van der Waals surface area contributed by atoms with Crippen LogP contribution in [0.25, 0.3) is 0 Å². The van der Waals surface area contributed by atoms with Crippen LogP contribution in [0.3, 0.4) is 0 Å². The van der Waals surface area contributed by atoms with Crippen LogP contribution in [-0.2, 0) is 0 Å². The number of rotatable bonds is 4. The van der Waals surface area contributed by atoms with Gasteiger partial charge in [-0.15, -0.1) is 0 Å². The molecule has 1 aliphatic carbocycles. The van der Waals surface area contributed by atoms with Crippen molar-refractivity contribution in [3.05, 3.63) is 12.3 Å². The van der Waals surface area contributed by atoms with Crippen molar-refractivity contribution >= 4 is 11.8 Å². The number of hydrogen-bond acceptors (Lipinski definition) is 5. The normalized spacial score (nSPS) is 35.0. The average Bonchev–Trinajstić information content (AvgIpc) is 3.08. The summed E-state index contributed by atoms with van der Waals surface area (Å²) in [5.74, 6) is 3.79. The summed E-state index contributed by atoms with van der Waals surface area (Å²) in [6.45, 7) is 14.1. The predicted molar refractivity (Wildman–Crippen MR) is 105 cm³/mol. The summed E-state index contributed by atoms with van der Waals surface area (Å²) in [5.41, 5.74) is 0.387. The molecule has 0 bridgehead atoms. The van der Waals surface area contributed by atoms with Crippen molar-refractivity contribution in [2.75, 3.05) is 30.4 Å². The Labute approximate surface area is 153 Å². The molecule has 1 aliphatic heterocycles. The summed E-state index contributed by atoms with van der Waals surface area (Å²) in [6.07, 6.45) is 4.24. The molecule has 2 fully saturated rings. The number of nitrogens with one attached hydrogen (secondary N) is 2. The molecule has 1 aromatic heterocycles. The van der Waals surface area contributed by atoms with Gasteiger partial charge in [-0.25, -0.2) is 4.98 Å². The molecule has 1 aromatic rings. The first-order chi connectivity index (χ1) is 11.8. The first kappa shape index (κ1) is 18.4. The summed E-state index contributed by atoms with van der Waals surface area (Å²) in [4.78, 5) is 11.7. The fourth-order valence-electron chi connectivity index (χ4n) is 4.53. The van der Waals surface area contributed by atoms with Crippen LogP contribution in [0.15, 0.2) is 12.3 Å². The Kier molecular flexibility index (Phi) is 5.24. The fourth-order valence-corrected chi connectivity index (χ4v) is 4.53. The van der Waals surface area contributed by atoms with Gasteiger partial charge in [0.2, 0.25) is 5.95 Å². The summed E-state index contributed by atoms with van der Waals surface area (Å²) >= 11 is 0. The van der Waals surface area contributed by atoms with E-state index >= 15 is 0 Å². The molecular weight excluding hydrogens is 310 g/mol. The lowest BCUT2D eigenvalue weighted by Crippen LogP contribution is -2.48. The Hall–Kier alpha value is -1.36. The van der Waals surface area contributed by atoms with E-state index in [1.54, 1.807) is 0 Å². The molecule has 2 aliphatic rings. The second kappa shape index (κ2) is 7.10. The zero-order valence-corrected chi connectivity index (χ0v) is 16.7. The third-order valence-electron chi connectivity index (χ3n) is 7.35. The smallest absolute Gasteiger partial charge is 0.224 e. The minimum absolute atomic E-state index is 0.387. The summed E-state index contributed by atoms with van der Waals surface area (Å²) < 4.78 is 0. The molecule has 5 atom stereocenters. The van der Waals surface area contributed by atoms with Crippen LogP contribution < -0.4 is 15.5 Å². The SMILES string of the molecule is CN[C@@H]1CCN(c2ccnc(NC3CC(C)C(C)(C)C(C)C3C)n2)C1. The van der Waals surface area contributed by atoms with Crippen LogP contribution in [-0.4, -0.2) is 42.2 Å². The molecule has 0 spiro atoms. The standard InChI is InChI=1S/C20H35N5/c1-13-11-17(14(2)15(3)20(13,4)5)23-19-22-9-7-18(24-19)25-10-8-16(12-25)21-6/h7,9,13-17,21H,8,10-12H2,1-6H3,(H,22,23,24)/t13?,14?,15?,16-,17?/m1/s1. The van der Waals surface area contributed by atoms with Crippen LogP contribution in [0.4, 0.5) is 11.8 Å². The Morgan fingerprint density at radius 2 is 2.00 bits per heavy atom. The topological polar surface area (TPSA) is 53.1 Å². The van der Waals surface area contributed by atoms with Crippen LogP contribution in [0, 0.1) is 23.2 Å². The van der Waals surface area contributed by atoms with Gasteiger partial charge in [-0.2, -0.15) is 4.98 Å². The van der Waals surface area contributed by atoms with Crippen LogP contribution in [0.5, 0.6) is 0 Å². The van der Waals surface area contributed by atoms with E-state index in [0.717, 1.165) is 24.9 Å². The Morgan fingerprint density at radius 1 is 1.24 bits per heavy atom. The van der Waals surface area contributed by atoms with E-state index in [4.69, 9.17) is 4.98 Å². The minimum atomic E-state index is 0.387. The van der Waals surface area contributed by atoms with E-state index in [1.807, 2.05) is 19.3 Å². The fraction of sp³-hybridized carbons (Fsp3) is 0.800. The van der Waals surface area contributed by atoms with E-state index in [0.29, 0.717) is 35.3 Å². The van der Waals surface area contributed by atoms with Gasteiger partial charge in [-0.05, 0) is 49.1 Å². The highest BCUT2D eigenvalue weighted by molar-refractivity contribution is 5.44. The average molecular weight is 346 g/mol. The van der Waals surface area contributed by atoms with Gasteiger partial charge in [-0.3, -0.25) is 0 Å². The summed E-state index contributed by atoms with van der Waals surface area (Å²) in [7, 11) is 2.04. The number of hydrogen-bond donors (Lipinski definition) is 2. The summed E-state index contributed by atoms with van der Waals surface area (Å²) in [6, 6.07) is 3.03. The second-order valence-corrected chi connectivity index (χ2v) is 8.82. The minimum Gasteiger partial charge on any atom is -0.355 e. The number of likely N-dealkylation sites (N-methyl/N-ethyl adjacent to an activating group) is 1. The first-order valence-electron chi connectivity index (χ1n) is 9.84. The van der Waals surface area contributed by atoms with E-state index in [2.05, 4.69) is 55.1 Å². The zero-order chi connectivity index (χ0) is 18.2. The Balaban J connectivity index is 1.70. The lowest BCUT2D eigenvalue weighted by Gasteiger charge is -2.49. The highest BCUT2D eigenvalue weighted by Crippen LogP contribution is 2.47. The largest absolute Gasteiger partial charge is 0.355 e. The van der Waals surface area contributed by atoms with Gasteiger partial charge in [0.15, 0.2) is 0 Å². The van der Waals surface area contributed by atoms with Gasteiger partial charge >= 0.3 is 0 Å². The molecule has 5 nitrogen and oxygen atoms in total. The number of nitrogens with zero attached hydrogens (tertiary/aromatic N) is 3. The van der Waals surface area contributed by atoms with Crippen molar-refractivity contribution in [1.29, 1.82) is 0 Å². The lowest BCUT2D eigenvalue weighted by molar-refractivity contribution is 0.0315. The molecule has 1 saturated heterocycles. The maximum absolute atomic E-state index is 4.81. The van der Waals surface area contributed by atoms with Gasteiger partial charge in [-0.1, -0.05) is 34.6 Å². The molecule has 1 saturated carbocycles. The highest BCUT2D eigenvalue weighted by atomic mass is 15.3. The number of anilines is 2. The first-order valence-corrected chi connectivity index (χ1v) is 9.84. The third-order valence-corrected chi connectivity index (χ3v) is 7.35. The molecule has 0 radical (unpaired) electrons. The van der Waals surface area contributed by atoms with Gasteiger partial charge < -0.3 is 15.5 Å². The highest BCUT2D eigenvalue weighted by Gasteiger charge is 2.43. The molecular formula is C20H35N5. The maximum Gasteiger partial charge on any atom is 0.224 e. The van der Waals surface area contributed by atoms with E-state index in [-0.39, 0.29) is 0 Å². The van der Waals surface area contributed by atoms with E-state index < -0.39 is 0 Å². The molecule has 4 unspecified atom stereocenters. The maximum atomic E-state index is 4.81. The zero-order valence-electron chi connectivity index (χ0n) is 16.7.